The maximum absolute atomic E-state index is 10.2. The lowest BCUT2D eigenvalue weighted by molar-refractivity contribution is 0.614. The van der Waals surface area contributed by atoms with E-state index in [1.54, 1.807) is 0 Å². The van der Waals surface area contributed by atoms with Gasteiger partial charge in [0.25, 0.3) is 0 Å². The van der Waals surface area contributed by atoms with Gasteiger partial charge in [-0.3, -0.25) is 0 Å². The number of hydrogen-bond donors (Lipinski definition) is 1. The summed E-state index contributed by atoms with van der Waals surface area (Å²) >= 11 is 5.13. The fourth-order valence-corrected chi connectivity index (χ4v) is 2.75. The molecule has 0 N–H and O–H groups in total. The van der Waals surface area contributed by atoms with Gasteiger partial charge in [0.1, 0.15) is 0 Å². The van der Waals surface area contributed by atoms with E-state index >= 15 is 0 Å². The summed E-state index contributed by atoms with van der Waals surface area (Å²) in [6.45, 7) is 0. The number of thiol groups is 1. The van der Waals surface area contributed by atoms with Crippen molar-refractivity contribution in [1.29, 1.82) is 0 Å². The molecule has 0 heterocycles. The summed E-state index contributed by atoms with van der Waals surface area (Å²) in [6.07, 6.45) is 0. The molecule has 0 spiro atoms. The van der Waals surface area contributed by atoms with Crippen LogP contribution < -0.4 is 0 Å². The second-order valence-electron chi connectivity index (χ2n) is 0.967. The van der Waals surface area contributed by atoms with Crippen molar-refractivity contribution < 1.29 is 8.42 Å². The highest BCUT2D eigenvalue weighted by molar-refractivity contribution is 14.2. The Kier molecular flexibility index (Phi) is 3.60. The monoisotopic (exact) mass is 252 g/mol. The van der Waals surface area contributed by atoms with Crippen LogP contribution in [0.25, 0.3) is 0 Å². The second kappa shape index (κ2) is 3.13. The summed E-state index contributed by atoms with van der Waals surface area (Å²) in [5.41, 5.74) is 0. The molecule has 0 saturated heterocycles. The molecule has 0 fully saturated rings. The van der Waals surface area contributed by atoms with Crippen LogP contribution in [0.1, 0.15) is 0 Å². The lowest BCUT2D eigenvalue weighted by Crippen LogP contribution is -1.95. The molecule has 0 unspecified atom stereocenters. The highest BCUT2D eigenvalue weighted by Gasteiger charge is 1.98. The summed E-state index contributed by atoms with van der Waals surface area (Å²) < 4.78 is 20.3. The Morgan fingerprint density at radius 2 is 2.00 bits per heavy atom. The fourth-order valence-electron chi connectivity index (χ4n) is 0.109. The van der Waals surface area contributed by atoms with E-state index in [-0.39, 0.29) is 5.75 Å². The number of halogens is 1. The van der Waals surface area contributed by atoms with Crippen LogP contribution in [0.5, 0.6) is 0 Å². The minimum Gasteiger partial charge on any atom is -0.218 e. The first-order valence-electron chi connectivity index (χ1n) is 1.59. The van der Waals surface area contributed by atoms with Gasteiger partial charge in [0.15, 0.2) is 0 Å². The largest absolute Gasteiger partial charge is 0.218 e. The molecule has 0 aliphatic heterocycles. The second-order valence-corrected chi connectivity index (χ2v) is 6.93. The first kappa shape index (κ1) is 8.03. The van der Waals surface area contributed by atoms with E-state index in [4.69, 9.17) is 0 Å². The molecular weight excluding hydrogens is 247 g/mol. The van der Waals surface area contributed by atoms with Gasteiger partial charge in [0.05, 0.1) is 27.0 Å². The molecule has 7 heavy (non-hydrogen) atoms. The average Bonchev–Trinajstić information content (AvgIpc) is 1.30. The number of hydrogen-bond acceptors (Lipinski definition) is 3. The van der Waals surface area contributed by atoms with Crippen molar-refractivity contribution in [1.82, 2.24) is 0 Å². The zero-order valence-corrected chi connectivity index (χ0v) is 7.33. The van der Waals surface area contributed by atoms with Crippen LogP contribution in [0.4, 0.5) is 0 Å². The summed E-state index contributed by atoms with van der Waals surface area (Å²) in [4.78, 5) is 0. The predicted octanol–water partition coefficient (Wildman–Crippen LogP) is 0.681. The van der Waals surface area contributed by atoms with E-state index in [1.807, 2.05) is 0 Å². The first-order chi connectivity index (χ1) is 3.06. The van der Waals surface area contributed by atoms with Crippen molar-refractivity contribution in [3.63, 3.8) is 0 Å². The Labute approximate surface area is 60.6 Å². The molecule has 0 rings (SSSR count). The molecule has 0 saturated carbocycles. The Morgan fingerprint density at radius 1 is 1.57 bits per heavy atom. The van der Waals surface area contributed by atoms with Gasteiger partial charge >= 0.3 is 0 Å². The van der Waals surface area contributed by atoms with Crippen LogP contribution in [-0.4, -0.2) is 19.9 Å². The third-order valence-electron chi connectivity index (χ3n) is 0.335. The van der Waals surface area contributed by atoms with E-state index in [9.17, 15) is 8.42 Å². The zero-order valence-electron chi connectivity index (χ0n) is 3.46. The van der Waals surface area contributed by atoms with Crippen molar-refractivity contribution in [2.75, 3.05) is 11.5 Å². The fraction of sp³-hybridized carbons (Fsp3) is 1.00. The van der Waals surface area contributed by atoms with Gasteiger partial charge in [0.2, 0.25) is 7.01 Å². The normalized spacial score (nSPS) is 11.7. The summed E-state index contributed by atoms with van der Waals surface area (Å²) in [5, 5.41) is 0. The maximum atomic E-state index is 10.2. The van der Waals surface area contributed by atoms with Crippen LogP contribution in [0, 0.1) is 0 Å². The highest BCUT2D eigenvalue weighted by Crippen LogP contribution is 2.00. The molecule has 0 aliphatic rings. The Balaban J connectivity index is 3.60. The summed E-state index contributed by atoms with van der Waals surface area (Å²) in [6, 6.07) is 0. The van der Waals surface area contributed by atoms with Crippen molar-refractivity contribution in [2.45, 2.75) is 0 Å². The van der Waals surface area contributed by atoms with E-state index in [0.29, 0.717) is 5.75 Å². The minimum absolute atomic E-state index is 0.163. The number of rotatable bonds is 2. The zero-order chi connectivity index (χ0) is 5.91. The molecule has 0 atom stereocenters. The van der Waals surface area contributed by atoms with E-state index < -0.39 is 7.01 Å². The Morgan fingerprint density at radius 3 is 2.00 bits per heavy atom. The molecule has 5 heteroatoms. The molecule has 0 aromatic carbocycles. The molecular formula is C2H5IO2S2. The predicted molar refractivity (Wildman–Crippen MR) is 41.7 cm³/mol. The van der Waals surface area contributed by atoms with Crippen LogP contribution in [-0.2, 0) is 7.01 Å². The summed E-state index contributed by atoms with van der Waals surface area (Å²) in [7, 11) is -2.78. The summed E-state index contributed by atoms with van der Waals surface area (Å²) in [5.74, 6) is 0.571. The third kappa shape index (κ3) is 7.03. The van der Waals surface area contributed by atoms with Crippen molar-refractivity contribution in [2.24, 2.45) is 0 Å². The van der Waals surface area contributed by atoms with Gasteiger partial charge in [-0.25, -0.2) is 8.42 Å². The lowest BCUT2D eigenvalue weighted by Gasteiger charge is -1.84. The SMILES string of the molecule is O=S(=O)(I)CCS. The van der Waals surface area contributed by atoms with Crippen LogP contribution in [0.15, 0.2) is 0 Å². The van der Waals surface area contributed by atoms with Crippen molar-refractivity contribution in [3.8, 4) is 0 Å². The van der Waals surface area contributed by atoms with Gasteiger partial charge in [-0.1, -0.05) is 0 Å². The van der Waals surface area contributed by atoms with E-state index in [1.165, 1.54) is 21.2 Å². The molecule has 44 valence electrons. The van der Waals surface area contributed by atoms with Crippen LogP contribution in [0.3, 0.4) is 0 Å². The molecule has 0 aromatic rings. The van der Waals surface area contributed by atoms with Crippen molar-refractivity contribution in [3.05, 3.63) is 0 Å². The van der Waals surface area contributed by atoms with Gasteiger partial charge in [0, 0.05) is 5.75 Å². The molecule has 0 bridgehead atoms. The quantitative estimate of drug-likeness (QED) is 0.445. The molecule has 0 amide bonds. The maximum Gasteiger partial charge on any atom is 0.203 e. The van der Waals surface area contributed by atoms with Gasteiger partial charge in [-0.2, -0.15) is 12.6 Å². The van der Waals surface area contributed by atoms with Crippen molar-refractivity contribution >= 4 is 40.8 Å². The highest BCUT2D eigenvalue weighted by atomic mass is 127. The lowest BCUT2D eigenvalue weighted by atomic mass is 11.0. The van der Waals surface area contributed by atoms with Gasteiger partial charge in [-0.15, -0.1) is 0 Å². The van der Waals surface area contributed by atoms with Crippen LogP contribution >= 0.6 is 33.8 Å². The first-order valence-corrected chi connectivity index (χ1v) is 6.42. The molecule has 0 radical (unpaired) electrons. The Bertz CT molecular complexity index is 127. The average molecular weight is 252 g/mol. The standard InChI is InChI=1S/C2H5IO2S2/c3-7(4,5)2-1-6/h6H,1-2H2. The van der Waals surface area contributed by atoms with E-state index in [2.05, 4.69) is 12.6 Å². The topological polar surface area (TPSA) is 34.1 Å². The molecule has 0 aromatic heterocycles. The van der Waals surface area contributed by atoms with Crippen LogP contribution in [0.2, 0.25) is 0 Å². The molecule has 2 nitrogen and oxygen atoms in total. The third-order valence-corrected chi connectivity index (χ3v) is 2.87. The molecule has 0 aliphatic carbocycles. The smallest absolute Gasteiger partial charge is 0.203 e. The Hall–Kier alpha value is 1.03. The van der Waals surface area contributed by atoms with Gasteiger partial charge in [-0.05, 0) is 0 Å². The van der Waals surface area contributed by atoms with Gasteiger partial charge < -0.3 is 0 Å². The van der Waals surface area contributed by atoms with E-state index in [0.717, 1.165) is 0 Å². The minimum atomic E-state index is -2.78.